The van der Waals surface area contributed by atoms with E-state index < -0.39 is 0 Å². The molecule has 0 aromatic heterocycles. The number of nitrogens with zero attached hydrogens (tertiary/aromatic N) is 1. The maximum atomic E-state index is 12.2. The van der Waals surface area contributed by atoms with Crippen LogP contribution in [0.15, 0.2) is 24.3 Å². The van der Waals surface area contributed by atoms with Crippen LogP contribution in [0.2, 0.25) is 0 Å². The van der Waals surface area contributed by atoms with Gasteiger partial charge in [0.25, 0.3) is 0 Å². The van der Waals surface area contributed by atoms with E-state index in [2.05, 4.69) is 36.3 Å². The SMILES string of the molecule is CCN(CC)CC(C)NC(C)C(=O)Nc1ccc(C)cc1. The fourth-order valence-corrected chi connectivity index (χ4v) is 2.31. The van der Waals surface area contributed by atoms with Gasteiger partial charge in [-0.3, -0.25) is 4.79 Å². The molecule has 4 heteroatoms. The fourth-order valence-electron chi connectivity index (χ4n) is 2.31. The van der Waals surface area contributed by atoms with Crippen molar-refractivity contribution in [2.75, 3.05) is 25.0 Å². The summed E-state index contributed by atoms with van der Waals surface area (Å²) < 4.78 is 0. The number of carbonyl (C=O) groups excluding carboxylic acids is 1. The summed E-state index contributed by atoms with van der Waals surface area (Å²) >= 11 is 0. The first-order valence-corrected chi connectivity index (χ1v) is 7.82. The molecular weight excluding hydrogens is 262 g/mol. The quantitative estimate of drug-likeness (QED) is 0.774. The molecule has 1 aromatic carbocycles. The average molecular weight is 291 g/mol. The Labute approximate surface area is 128 Å². The van der Waals surface area contributed by atoms with Crippen molar-refractivity contribution >= 4 is 11.6 Å². The summed E-state index contributed by atoms with van der Waals surface area (Å²) in [5.41, 5.74) is 2.03. The molecule has 0 fully saturated rings. The number of aryl methyl sites for hydroxylation is 1. The largest absolute Gasteiger partial charge is 0.325 e. The van der Waals surface area contributed by atoms with Gasteiger partial charge in [-0.2, -0.15) is 0 Å². The first-order valence-electron chi connectivity index (χ1n) is 7.82. The number of amides is 1. The highest BCUT2D eigenvalue weighted by Crippen LogP contribution is 2.09. The zero-order valence-electron chi connectivity index (χ0n) is 13.9. The number of hydrogen-bond acceptors (Lipinski definition) is 3. The molecule has 2 N–H and O–H groups in total. The molecule has 0 aliphatic carbocycles. The lowest BCUT2D eigenvalue weighted by Gasteiger charge is -2.25. The third-order valence-electron chi connectivity index (χ3n) is 3.67. The Kier molecular flexibility index (Phi) is 7.40. The Hall–Kier alpha value is -1.39. The van der Waals surface area contributed by atoms with Crippen LogP contribution in [0.1, 0.15) is 33.3 Å². The number of nitrogens with one attached hydrogen (secondary N) is 2. The summed E-state index contributed by atoms with van der Waals surface area (Å²) in [7, 11) is 0. The second kappa shape index (κ2) is 8.80. The zero-order chi connectivity index (χ0) is 15.8. The van der Waals surface area contributed by atoms with E-state index in [0.717, 1.165) is 25.3 Å². The molecule has 4 nitrogen and oxygen atoms in total. The summed E-state index contributed by atoms with van der Waals surface area (Å²) in [6.45, 7) is 13.4. The van der Waals surface area contributed by atoms with E-state index in [1.807, 2.05) is 38.1 Å². The molecule has 1 rings (SSSR count). The Bertz CT molecular complexity index is 426. The monoisotopic (exact) mass is 291 g/mol. The van der Waals surface area contributed by atoms with Gasteiger partial charge in [-0.15, -0.1) is 0 Å². The summed E-state index contributed by atoms with van der Waals surface area (Å²) in [6.07, 6.45) is 0. The van der Waals surface area contributed by atoms with Crippen molar-refractivity contribution in [2.45, 2.75) is 46.7 Å². The van der Waals surface area contributed by atoms with Gasteiger partial charge in [0.15, 0.2) is 0 Å². The highest BCUT2D eigenvalue weighted by atomic mass is 16.2. The molecule has 0 heterocycles. The van der Waals surface area contributed by atoms with Crippen molar-refractivity contribution in [1.82, 2.24) is 10.2 Å². The van der Waals surface area contributed by atoms with Gasteiger partial charge in [-0.1, -0.05) is 31.5 Å². The molecule has 0 radical (unpaired) electrons. The molecule has 0 spiro atoms. The van der Waals surface area contributed by atoms with Gasteiger partial charge in [0.05, 0.1) is 6.04 Å². The van der Waals surface area contributed by atoms with Crippen molar-refractivity contribution in [3.05, 3.63) is 29.8 Å². The van der Waals surface area contributed by atoms with Gasteiger partial charge in [-0.05, 0) is 46.0 Å². The van der Waals surface area contributed by atoms with Crippen LogP contribution in [-0.2, 0) is 4.79 Å². The molecule has 0 aliphatic rings. The van der Waals surface area contributed by atoms with Crippen molar-refractivity contribution < 1.29 is 4.79 Å². The Morgan fingerprint density at radius 3 is 2.24 bits per heavy atom. The molecule has 0 saturated heterocycles. The van der Waals surface area contributed by atoms with Crippen LogP contribution in [-0.4, -0.2) is 42.5 Å². The van der Waals surface area contributed by atoms with Gasteiger partial charge in [-0.25, -0.2) is 0 Å². The lowest BCUT2D eigenvalue weighted by Crippen LogP contribution is -2.47. The molecule has 0 saturated carbocycles. The number of rotatable bonds is 8. The lowest BCUT2D eigenvalue weighted by molar-refractivity contribution is -0.118. The van der Waals surface area contributed by atoms with Crippen LogP contribution in [0.3, 0.4) is 0 Å². The Balaban J connectivity index is 2.45. The van der Waals surface area contributed by atoms with E-state index in [9.17, 15) is 4.79 Å². The smallest absolute Gasteiger partial charge is 0.241 e. The molecule has 1 amide bonds. The number of benzene rings is 1. The topological polar surface area (TPSA) is 44.4 Å². The number of hydrogen-bond donors (Lipinski definition) is 2. The summed E-state index contributed by atoms with van der Waals surface area (Å²) in [5, 5.41) is 6.30. The molecule has 2 atom stereocenters. The van der Waals surface area contributed by atoms with E-state index in [4.69, 9.17) is 0 Å². The first-order chi connectivity index (χ1) is 9.96. The van der Waals surface area contributed by atoms with Gasteiger partial charge in [0.1, 0.15) is 0 Å². The van der Waals surface area contributed by atoms with Crippen molar-refractivity contribution in [3.8, 4) is 0 Å². The maximum Gasteiger partial charge on any atom is 0.241 e. The Morgan fingerprint density at radius 2 is 1.71 bits per heavy atom. The molecule has 1 aromatic rings. The van der Waals surface area contributed by atoms with Crippen LogP contribution in [0.4, 0.5) is 5.69 Å². The van der Waals surface area contributed by atoms with Crippen LogP contribution in [0.25, 0.3) is 0 Å². The van der Waals surface area contributed by atoms with Gasteiger partial charge < -0.3 is 15.5 Å². The second-order valence-electron chi connectivity index (χ2n) is 5.63. The fraction of sp³-hybridized carbons (Fsp3) is 0.588. The highest BCUT2D eigenvalue weighted by Gasteiger charge is 2.16. The molecule has 0 aliphatic heterocycles. The Morgan fingerprint density at radius 1 is 1.14 bits per heavy atom. The standard InChI is InChI=1S/C17H29N3O/c1-6-20(7-2)12-14(4)18-15(5)17(21)19-16-10-8-13(3)9-11-16/h8-11,14-15,18H,6-7,12H2,1-5H3,(H,19,21). The predicted octanol–water partition coefficient (Wildman–Crippen LogP) is 2.64. The summed E-state index contributed by atoms with van der Waals surface area (Å²) in [5.74, 6) is 0.00486. The minimum Gasteiger partial charge on any atom is -0.325 e. The van der Waals surface area contributed by atoms with E-state index in [-0.39, 0.29) is 18.0 Å². The van der Waals surface area contributed by atoms with E-state index in [1.165, 1.54) is 5.56 Å². The third-order valence-corrected chi connectivity index (χ3v) is 3.67. The summed E-state index contributed by atoms with van der Waals surface area (Å²) in [6, 6.07) is 7.92. The second-order valence-corrected chi connectivity index (χ2v) is 5.63. The number of carbonyl (C=O) groups is 1. The average Bonchev–Trinajstić information content (AvgIpc) is 2.46. The molecular formula is C17H29N3O. The van der Waals surface area contributed by atoms with Crippen molar-refractivity contribution in [3.63, 3.8) is 0 Å². The number of likely N-dealkylation sites (N-methyl/N-ethyl adjacent to an activating group) is 1. The lowest BCUT2D eigenvalue weighted by atomic mass is 10.2. The van der Waals surface area contributed by atoms with Crippen LogP contribution in [0, 0.1) is 6.92 Å². The van der Waals surface area contributed by atoms with E-state index >= 15 is 0 Å². The summed E-state index contributed by atoms with van der Waals surface area (Å²) in [4.78, 5) is 14.5. The van der Waals surface area contributed by atoms with Crippen LogP contribution in [0.5, 0.6) is 0 Å². The van der Waals surface area contributed by atoms with Gasteiger partial charge in [0.2, 0.25) is 5.91 Å². The van der Waals surface area contributed by atoms with Crippen molar-refractivity contribution in [2.24, 2.45) is 0 Å². The number of anilines is 1. The molecule has 21 heavy (non-hydrogen) atoms. The van der Waals surface area contributed by atoms with E-state index in [0.29, 0.717) is 0 Å². The van der Waals surface area contributed by atoms with Gasteiger partial charge >= 0.3 is 0 Å². The van der Waals surface area contributed by atoms with Crippen LogP contribution < -0.4 is 10.6 Å². The minimum atomic E-state index is -0.211. The normalized spacial score (nSPS) is 14.0. The van der Waals surface area contributed by atoms with Crippen LogP contribution >= 0.6 is 0 Å². The molecule has 118 valence electrons. The van der Waals surface area contributed by atoms with Crippen molar-refractivity contribution in [1.29, 1.82) is 0 Å². The van der Waals surface area contributed by atoms with E-state index in [1.54, 1.807) is 0 Å². The minimum absolute atomic E-state index is 0.00486. The molecule has 2 unspecified atom stereocenters. The third kappa shape index (κ3) is 6.27. The predicted molar refractivity (Wildman–Crippen MR) is 89.7 cm³/mol. The zero-order valence-corrected chi connectivity index (χ0v) is 13.9. The first kappa shape index (κ1) is 17.7. The maximum absolute atomic E-state index is 12.2. The highest BCUT2D eigenvalue weighted by molar-refractivity contribution is 5.94. The molecule has 0 bridgehead atoms. The van der Waals surface area contributed by atoms with Gasteiger partial charge in [0, 0.05) is 18.3 Å².